The molecular formula is C12H16N2O5S. The number of sulfonamides is 1. The average molecular weight is 300 g/mol. The second-order valence-electron chi connectivity index (χ2n) is 4.83. The highest BCUT2D eigenvalue weighted by Crippen LogP contribution is 2.23. The van der Waals surface area contributed by atoms with E-state index in [-0.39, 0.29) is 35.9 Å². The molecule has 1 aromatic carbocycles. The van der Waals surface area contributed by atoms with Crippen molar-refractivity contribution in [3.63, 3.8) is 0 Å². The maximum atomic E-state index is 12.5. The van der Waals surface area contributed by atoms with E-state index in [1.54, 1.807) is 13.8 Å². The van der Waals surface area contributed by atoms with Gasteiger partial charge in [-0.05, 0) is 19.9 Å². The van der Waals surface area contributed by atoms with Crippen molar-refractivity contribution in [2.24, 2.45) is 0 Å². The topological polar surface area (TPSA) is 89.8 Å². The lowest BCUT2D eigenvalue weighted by Crippen LogP contribution is -2.48. The van der Waals surface area contributed by atoms with E-state index in [1.807, 2.05) is 0 Å². The Labute approximate surface area is 117 Å². The van der Waals surface area contributed by atoms with Crippen LogP contribution in [0.5, 0.6) is 0 Å². The molecule has 1 aromatic rings. The van der Waals surface area contributed by atoms with Crippen molar-refractivity contribution in [3.8, 4) is 0 Å². The van der Waals surface area contributed by atoms with Gasteiger partial charge in [0.15, 0.2) is 0 Å². The van der Waals surface area contributed by atoms with Gasteiger partial charge < -0.3 is 4.74 Å². The summed E-state index contributed by atoms with van der Waals surface area (Å²) < 4.78 is 31.8. The van der Waals surface area contributed by atoms with E-state index < -0.39 is 14.9 Å². The molecule has 1 fully saturated rings. The van der Waals surface area contributed by atoms with E-state index in [4.69, 9.17) is 4.74 Å². The molecule has 8 heteroatoms. The molecular weight excluding hydrogens is 284 g/mol. The molecule has 2 rings (SSSR count). The minimum atomic E-state index is -3.74. The molecule has 0 N–H and O–H groups in total. The van der Waals surface area contributed by atoms with Crippen molar-refractivity contribution in [2.75, 3.05) is 13.1 Å². The van der Waals surface area contributed by atoms with Crippen LogP contribution in [-0.4, -0.2) is 42.9 Å². The van der Waals surface area contributed by atoms with Crippen molar-refractivity contribution in [3.05, 3.63) is 34.4 Å². The van der Waals surface area contributed by atoms with Crippen molar-refractivity contribution >= 4 is 15.7 Å². The first-order valence-electron chi connectivity index (χ1n) is 6.21. The van der Waals surface area contributed by atoms with Crippen molar-refractivity contribution in [1.29, 1.82) is 0 Å². The van der Waals surface area contributed by atoms with Crippen LogP contribution < -0.4 is 0 Å². The molecule has 0 unspecified atom stereocenters. The molecule has 0 saturated carbocycles. The molecule has 2 atom stereocenters. The Morgan fingerprint density at radius 1 is 1.30 bits per heavy atom. The van der Waals surface area contributed by atoms with E-state index in [2.05, 4.69) is 0 Å². The quantitative estimate of drug-likeness (QED) is 0.621. The van der Waals surface area contributed by atoms with E-state index >= 15 is 0 Å². The number of benzene rings is 1. The molecule has 20 heavy (non-hydrogen) atoms. The zero-order chi connectivity index (χ0) is 14.9. The second kappa shape index (κ2) is 5.47. The van der Waals surface area contributed by atoms with Gasteiger partial charge >= 0.3 is 0 Å². The summed E-state index contributed by atoms with van der Waals surface area (Å²) in [6.45, 7) is 4.09. The van der Waals surface area contributed by atoms with Crippen LogP contribution >= 0.6 is 0 Å². The average Bonchev–Trinajstić information content (AvgIpc) is 2.37. The molecule has 1 saturated heterocycles. The number of hydrogen-bond acceptors (Lipinski definition) is 5. The number of nitro benzene ring substituents is 1. The standard InChI is InChI=1S/C12H16N2O5S/c1-9-7-13(8-10(2)19-9)20(17,18)12-5-3-4-11(6-12)14(15)16/h3-6,9-10H,7-8H2,1-2H3/t9-,10+. The highest BCUT2D eigenvalue weighted by molar-refractivity contribution is 7.89. The molecule has 0 aliphatic carbocycles. The Kier molecular flexibility index (Phi) is 4.07. The highest BCUT2D eigenvalue weighted by atomic mass is 32.2. The summed E-state index contributed by atoms with van der Waals surface area (Å²) in [6, 6.07) is 5.09. The molecule has 1 heterocycles. The Morgan fingerprint density at radius 2 is 1.90 bits per heavy atom. The minimum Gasteiger partial charge on any atom is -0.373 e. The zero-order valence-corrected chi connectivity index (χ0v) is 12.0. The minimum absolute atomic E-state index is 0.0620. The van der Waals surface area contributed by atoms with Crippen LogP contribution in [0.4, 0.5) is 5.69 Å². The molecule has 110 valence electrons. The van der Waals surface area contributed by atoms with Gasteiger partial charge in [-0.1, -0.05) is 6.07 Å². The van der Waals surface area contributed by atoms with Crippen LogP contribution in [-0.2, 0) is 14.8 Å². The van der Waals surface area contributed by atoms with Gasteiger partial charge in [0.1, 0.15) is 0 Å². The van der Waals surface area contributed by atoms with Crippen LogP contribution in [0.3, 0.4) is 0 Å². The van der Waals surface area contributed by atoms with Gasteiger partial charge in [-0.25, -0.2) is 8.42 Å². The van der Waals surface area contributed by atoms with Gasteiger partial charge in [-0.3, -0.25) is 10.1 Å². The van der Waals surface area contributed by atoms with Gasteiger partial charge in [0.25, 0.3) is 5.69 Å². The molecule has 1 aliphatic heterocycles. The second-order valence-corrected chi connectivity index (χ2v) is 6.77. The fourth-order valence-corrected chi connectivity index (χ4v) is 3.86. The first-order chi connectivity index (χ1) is 9.30. The monoisotopic (exact) mass is 300 g/mol. The fourth-order valence-electron chi connectivity index (χ4n) is 2.23. The maximum Gasteiger partial charge on any atom is 0.270 e. The third-order valence-electron chi connectivity index (χ3n) is 3.05. The molecule has 0 spiro atoms. The Morgan fingerprint density at radius 3 is 2.45 bits per heavy atom. The zero-order valence-electron chi connectivity index (χ0n) is 11.2. The lowest BCUT2D eigenvalue weighted by atomic mass is 10.3. The van der Waals surface area contributed by atoms with E-state index in [0.717, 1.165) is 6.07 Å². The van der Waals surface area contributed by atoms with Gasteiger partial charge in [0, 0.05) is 25.2 Å². The largest absolute Gasteiger partial charge is 0.373 e. The molecule has 0 bridgehead atoms. The number of nitrogens with zero attached hydrogens (tertiary/aromatic N) is 2. The van der Waals surface area contributed by atoms with Crippen LogP contribution in [0, 0.1) is 10.1 Å². The van der Waals surface area contributed by atoms with Gasteiger partial charge in [-0.2, -0.15) is 4.31 Å². The number of morpholine rings is 1. The third kappa shape index (κ3) is 2.97. The smallest absolute Gasteiger partial charge is 0.270 e. The molecule has 0 amide bonds. The number of ether oxygens (including phenoxy) is 1. The van der Waals surface area contributed by atoms with Crippen LogP contribution in [0.2, 0.25) is 0 Å². The van der Waals surface area contributed by atoms with Crippen LogP contribution in [0.25, 0.3) is 0 Å². The third-order valence-corrected chi connectivity index (χ3v) is 4.88. The summed E-state index contributed by atoms with van der Waals surface area (Å²) in [4.78, 5) is 10.1. The van der Waals surface area contributed by atoms with Crippen molar-refractivity contribution in [1.82, 2.24) is 4.31 Å². The van der Waals surface area contributed by atoms with E-state index in [1.165, 1.54) is 22.5 Å². The maximum absolute atomic E-state index is 12.5. The summed E-state index contributed by atoms with van der Waals surface area (Å²) >= 11 is 0. The molecule has 0 aromatic heterocycles. The predicted octanol–water partition coefficient (Wildman–Crippen LogP) is 1.39. The van der Waals surface area contributed by atoms with E-state index in [0.29, 0.717) is 0 Å². The normalized spacial score (nSPS) is 24.5. The summed E-state index contributed by atoms with van der Waals surface area (Å²) in [7, 11) is -3.74. The van der Waals surface area contributed by atoms with Crippen LogP contribution in [0.15, 0.2) is 29.2 Å². The Hall–Kier alpha value is -1.51. The van der Waals surface area contributed by atoms with Gasteiger partial charge in [0.2, 0.25) is 10.0 Å². The number of rotatable bonds is 3. The van der Waals surface area contributed by atoms with Gasteiger partial charge in [0.05, 0.1) is 22.0 Å². The summed E-state index contributed by atoms with van der Waals surface area (Å²) in [5.41, 5.74) is -0.236. The summed E-state index contributed by atoms with van der Waals surface area (Å²) in [5.74, 6) is 0. The van der Waals surface area contributed by atoms with Crippen molar-refractivity contribution < 1.29 is 18.1 Å². The summed E-state index contributed by atoms with van der Waals surface area (Å²) in [6.07, 6.45) is -0.403. The molecule has 1 aliphatic rings. The summed E-state index contributed by atoms with van der Waals surface area (Å²) in [5, 5.41) is 10.7. The molecule has 0 radical (unpaired) electrons. The van der Waals surface area contributed by atoms with Crippen molar-refractivity contribution in [2.45, 2.75) is 31.0 Å². The number of non-ortho nitro benzene ring substituents is 1. The van der Waals surface area contributed by atoms with Crippen LogP contribution in [0.1, 0.15) is 13.8 Å². The number of hydrogen-bond donors (Lipinski definition) is 0. The first kappa shape index (κ1) is 14.9. The lowest BCUT2D eigenvalue weighted by Gasteiger charge is -2.34. The Bertz CT molecular complexity index is 606. The highest BCUT2D eigenvalue weighted by Gasteiger charge is 2.32. The lowest BCUT2D eigenvalue weighted by molar-refractivity contribution is -0.385. The number of nitro groups is 1. The fraction of sp³-hybridized carbons (Fsp3) is 0.500. The Balaban J connectivity index is 2.34. The predicted molar refractivity (Wildman–Crippen MR) is 71.9 cm³/mol. The van der Waals surface area contributed by atoms with E-state index in [9.17, 15) is 18.5 Å². The molecule has 7 nitrogen and oxygen atoms in total. The first-order valence-corrected chi connectivity index (χ1v) is 7.65. The van der Waals surface area contributed by atoms with Gasteiger partial charge in [-0.15, -0.1) is 0 Å². The SMILES string of the molecule is C[C@@H]1CN(S(=O)(=O)c2cccc([N+](=O)[O-])c2)C[C@H](C)O1.